The molecule has 6 aliphatic rings. The smallest absolute Gasteiger partial charge is 0.241 e. The molecule has 34 heavy (non-hydrogen) atoms. The molecule has 1 saturated heterocycles. The van der Waals surface area contributed by atoms with E-state index >= 15 is 0 Å². The molecule has 4 bridgehead atoms. The van der Waals surface area contributed by atoms with Crippen molar-refractivity contribution in [2.24, 2.45) is 28.3 Å². The van der Waals surface area contributed by atoms with Crippen molar-refractivity contribution in [3.05, 3.63) is 23.8 Å². The Morgan fingerprint density at radius 1 is 0.941 bits per heavy atom. The minimum atomic E-state index is -3.76. The number of carbonyl (C=O) groups excluding carboxylic acids is 2. The van der Waals surface area contributed by atoms with Gasteiger partial charge >= 0.3 is 0 Å². The van der Waals surface area contributed by atoms with Gasteiger partial charge in [0, 0.05) is 38.4 Å². The molecule has 1 aromatic carbocycles. The molecular formula is C25H34N4O4S. The number of primary sulfonamides is 1. The van der Waals surface area contributed by atoms with Crippen molar-refractivity contribution >= 4 is 27.5 Å². The number of hydrogen-bond donors (Lipinski definition) is 1. The summed E-state index contributed by atoms with van der Waals surface area (Å²) in [4.78, 5) is 32.7. The summed E-state index contributed by atoms with van der Waals surface area (Å²) in [6, 6.07) is 4.73. The Hall–Kier alpha value is -1.97. The molecule has 2 heterocycles. The first kappa shape index (κ1) is 22.5. The molecule has 0 radical (unpaired) electrons. The highest BCUT2D eigenvalue weighted by atomic mass is 32.2. The van der Waals surface area contributed by atoms with Crippen molar-refractivity contribution in [3.63, 3.8) is 0 Å². The molecule has 8 nitrogen and oxygen atoms in total. The number of sulfonamides is 1. The molecule has 0 aromatic heterocycles. The van der Waals surface area contributed by atoms with Crippen molar-refractivity contribution < 1.29 is 18.0 Å². The molecule has 2 amide bonds. The van der Waals surface area contributed by atoms with Crippen LogP contribution in [0.3, 0.4) is 0 Å². The number of carbonyl (C=O) groups is 2. The molecule has 9 heteroatoms. The van der Waals surface area contributed by atoms with Gasteiger partial charge in [0.1, 0.15) is 0 Å². The van der Waals surface area contributed by atoms with Crippen LogP contribution < -0.4 is 10.0 Å². The first-order valence-corrected chi connectivity index (χ1v) is 14.2. The molecule has 2 aliphatic heterocycles. The van der Waals surface area contributed by atoms with Crippen LogP contribution in [0.15, 0.2) is 23.1 Å². The van der Waals surface area contributed by atoms with Crippen LogP contribution in [0.1, 0.15) is 44.1 Å². The van der Waals surface area contributed by atoms with Crippen molar-refractivity contribution in [3.8, 4) is 0 Å². The van der Waals surface area contributed by atoms with E-state index in [9.17, 15) is 18.0 Å². The van der Waals surface area contributed by atoms with Crippen molar-refractivity contribution in [2.45, 2.75) is 49.8 Å². The second kappa shape index (κ2) is 8.03. The van der Waals surface area contributed by atoms with Crippen molar-refractivity contribution in [2.75, 3.05) is 44.2 Å². The summed E-state index contributed by atoms with van der Waals surface area (Å²) in [5.41, 5.74) is 1.51. The van der Waals surface area contributed by atoms with E-state index in [1.807, 2.05) is 0 Å². The maximum atomic E-state index is 13.6. The van der Waals surface area contributed by atoms with Crippen LogP contribution in [0.25, 0.3) is 0 Å². The Labute approximate surface area is 201 Å². The first-order valence-electron chi connectivity index (χ1n) is 12.7. The fourth-order valence-corrected chi connectivity index (χ4v) is 8.47. The highest BCUT2D eigenvalue weighted by Crippen LogP contribution is 2.60. The molecule has 5 fully saturated rings. The van der Waals surface area contributed by atoms with Crippen LogP contribution in [0, 0.1) is 23.2 Å². The lowest BCUT2D eigenvalue weighted by molar-refractivity contribution is -0.159. The fourth-order valence-electron chi connectivity index (χ4n) is 7.91. The summed E-state index contributed by atoms with van der Waals surface area (Å²) >= 11 is 0. The Kier molecular flexibility index (Phi) is 5.31. The second-order valence-corrected chi connectivity index (χ2v) is 13.0. The Balaban J connectivity index is 1.06. The highest BCUT2D eigenvalue weighted by molar-refractivity contribution is 7.89. The van der Waals surface area contributed by atoms with Gasteiger partial charge in [-0.1, -0.05) is 0 Å². The average molecular weight is 487 g/mol. The van der Waals surface area contributed by atoms with Crippen molar-refractivity contribution in [1.82, 2.24) is 9.80 Å². The number of nitrogens with zero attached hydrogens (tertiary/aromatic N) is 3. The van der Waals surface area contributed by atoms with E-state index in [2.05, 4.69) is 9.80 Å². The zero-order chi connectivity index (χ0) is 23.7. The standard InChI is InChI=1S/C25H34N4O4S/c26-34(32,33)21-1-2-22-20(12-21)3-4-29(22)23(30)16-27-5-7-28(8-6-27)24(31)25-13-17-9-18(14-25)11-19(10-17)15-25/h1-2,12,17-19H,3-11,13-16H2,(H2,26,32,33). The summed E-state index contributed by atoms with van der Waals surface area (Å²) in [6.07, 6.45) is 7.92. The minimum Gasteiger partial charge on any atom is -0.340 e. The Morgan fingerprint density at radius 3 is 2.15 bits per heavy atom. The number of rotatable bonds is 4. The predicted octanol–water partition coefficient (Wildman–Crippen LogP) is 1.58. The van der Waals surface area contributed by atoms with Gasteiger partial charge in [0.15, 0.2) is 0 Å². The zero-order valence-corrected chi connectivity index (χ0v) is 20.4. The number of fused-ring (bicyclic) bond motifs is 1. The van der Waals surface area contributed by atoms with E-state index < -0.39 is 10.0 Å². The van der Waals surface area contributed by atoms with Crippen molar-refractivity contribution in [1.29, 1.82) is 0 Å². The van der Waals surface area contributed by atoms with Gasteiger partial charge < -0.3 is 9.80 Å². The third-order valence-corrected chi connectivity index (χ3v) is 10.00. The monoisotopic (exact) mass is 486 g/mol. The Bertz CT molecular complexity index is 1090. The summed E-state index contributed by atoms with van der Waals surface area (Å²) in [5, 5.41) is 5.24. The SMILES string of the molecule is NS(=O)(=O)c1ccc2c(c1)CCN2C(=O)CN1CCN(C(=O)C23CC4CC(CC(C4)C2)C3)CC1. The van der Waals surface area contributed by atoms with E-state index in [4.69, 9.17) is 5.14 Å². The van der Waals surface area contributed by atoms with E-state index in [0.29, 0.717) is 38.5 Å². The van der Waals surface area contributed by atoms with Gasteiger partial charge in [-0.05, 0) is 86.5 Å². The predicted molar refractivity (Wildman–Crippen MR) is 127 cm³/mol. The second-order valence-electron chi connectivity index (χ2n) is 11.4. The quantitative estimate of drug-likeness (QED) is 0.696. The maximum Gasteiger partial charge on any atom is 0.241 e. The molecular weight excluding hydrogens is 452 g/mol. The number of anilines is 1. The van der Waals surface area contributed by atoms with E-state index in [0.717, 1.165) is 61.4 Å². The number of nitrogens with two attached hydrogens (primary N) is 1. The van der Waals surface area contributed by atoms with Gasteiger partial charge in [-0.25, -0.2) is 13.6 Å². The van der Waals surface area contributed by atoms with Gasteiger partial charge in [0.2, 0.25) is 21.8 Å². The summed E-state index contributed by atoms with van der Waals surface area (Å²) in [7, 11) is -3.76. The molecule has 4 aliphatic carbocycles. The summed E-state index contributed by atoms with van der Waals surface area (Å²) in [5.74, 6) is 2.69. The first-order chi connectivity index (χ1) is 16.2. The normalized spacial score (nSPS) is 32.8. The van der Waals surface area contributed by atoms with Gasteiger partial charge in [0.25, 0.3) is 0 Å². The fraction of sp³-hybridized carbons (Fsp3) is 0.680. The van der Waals surface area contributed by atoms with E-state index in [-0.39, 0.29) is 16.2 Å². The molecule has 0 unspecified atom stereocenters. The largest absolute Gasteiger partial charge is 0.340 e. The van der Waals surface area contributed by atoms with Gasteiger partial charge in [-0.15, -0.1) is 0 Å². The van der Waals surface area contributed by atoms with Gasteiger partial charge in [-0.2, -0.15) is 0 Å². The zero-order valence-electron chi connectivity index (χ0n) is 19.6. The van der Waals surface area contributed by atoms with Crippen LogP contribution in [0.2, 0.25) is 0 Å². The summed E-state index contributed by atoms with van der Waals surface area (Å²) in [6.45, 7) is 3.69. The molecule has 2 N–H and O–H groups in total. The summed E-state index contributed by atoms with van der Waals surface area (Å²) < 4.78 is 23.3. The van der Waals surface area contributed by atoms with Gasteiger partial charge in [0.05, 0.1) is 16.9 Å². The highest BCUT2D eigenvalue weighted by Gasteiger charge is 2.55. The maximum absolute atomic E-state index is 13.6. The van der Waals surface area contributed by atoms with Gasteiger partial charge in [-0.3, -0.25) is 14.5 Å². The van der Waals surface area contributed by atoms with Crippen LogP contribution in [0.4, 0.5) is 5.69 Å². The minimum absolute atomic E-state index is 0.0166. The molecule has 0 spiro atoms. The van der Waals surface area contributed by atoms with Crippen LogP contribution in [-0.2, 0) is 26.0 Å². The molecule has 0 atom stereocenters. The average Bonchev–Trinajstić information content (AvgIpc) is 3.21. The van der Waals surface area contributed by atoms with E-state index in [1.54, 1.807) is 17.0 Å². The number of piperazine rings is 1. The number of hydrogen-bond acceptors (Lipinski definition) is 5. The number of benzene rings is 1. The van der Waals surface area contributed by atoms with Crippen LogP contribution in [-0.4, -0.2) is 69.3 Å². The van der Waals surface area contributed by atoms with E-state index in [1.165, 1.54) is 25.3 Å². The van der Waals surface area contributed by atoms with Crippen LogP contribution in [0.5, 0.6) is 0 Å². The molecule has 4 saturated carbocycles. The molecule has 1 aromatic rings. The topological polar surface area (TPSA) is 104 Å². The molecule has 7 rings (SSSR count). The Morgan fingerprint density at radius 2 is 1.56 bits per heavy atom. The lowest BCUT2D eigenvalue weighted by atomic mass is 9.49. The van der Waals surface area contributed by atoms with Crippen LogP contribution >= 0.6 is 0 Å². The lowest BCUT2D eigenvalue weighted by Crippen LogP contribution is -2.58. The number of amides is 2. The third-order valence-electron chi connectivity index (χ3n) is 9.09. The lowest BCUT2D eigenvalue weighted by Gasteiger charge is -2.57. The molecule has 184 valence electrons. The third kappa shape index (κ3) is 3.85.